The SMILES string of the molecule is COc1cc(C(=O)NS(C)(=O)=O)ccc1-c1cnc(F)c(Cl)c1. The van der Waals surface area contributed by atoms with Crippen LogP contribution in [0.15, 0.2) is 30.5 Å². The lowest BCUT2D eigenvalue weighted by Crippen LogP contribution is -2.29. The molecule has 0 fully saturated rings. The molecular formula is C14H12ClFN2O4S. The molecule has 2 rings (SSSR count). The Hall–Kier alpha value is -2.19. The number of sulfonamides is 1. The third-order valence-corrected chi connectivity index (χ3v) is 3.67. The number of ether oxygens (including phenoxy) is 1. The molecule has 0 aliphatic carbocycles. The maximum Gasteiger partial charge on any atom is 0.264 e. The maximum absolute atomic E-state index is 13.1. The van der Waals surface area contributed by atoms with E-state index in [4.69, 9.17) is 16.3 Å². The third-order valence-electron chi connectivity index (χ3n) is 2.85. The Kier molecular flexibility index (Phi) is 4.86. The third kappa shape index (κ3) is 4.17. The number of methoxy groups -OCH3 is 1. The van der Waals surface area contributed by atoms with Crippen molar-refractivity contribution in [3.05, 3.63) is 47.0 Å². The number of benzene rings is 1. The van der Waals surface area contributed by atoms with Crippen LogP contribution >= 0.6 is 11.6 Å². The molecule has 0 atom stereocenters. The second-order valence-corrected chi connectivity index (χ2v) is 6.77. The van der Waals surface area contributed by atoms with Crippen LogP contribution in [0.2, 0.25) is 5.02 Å². The first-order valence-electron chi connectivity index (χ1n) is 6.23. The summed E-state index contributed by atoms with van der Waals surface area (Å²) in [5.41, 5.74) is 1.11. The largest absolute Gasteiger partial charge is 0.496 e. The highest BCUT2D eigenvalue weighted by molar-refractivity contribution is 7.89. The molecule has 23 heavy (non-hydrogen) atoms. The van der Waals surface area contributed by atoms with E-state index in [9.17, 15) is 17.6 Å². The molecule has 1 aromatic carbocycles. The van der Waals surface area contributed by atoms with Crippen molar-refractivity contribution in [1.82, 2.24) is 9.71 Å². The second kappa shape index (κ2) is 6.51. The minimum Gasteiger partial charge on any atom is -0.496 e. The minimum atomic E-state index is -3.67. The predicted molar refractivity (Wildman–Crippen MR) is 83.5 cm³/mol. The Bertz CT molecular complexity index is 871. The van der Waals surface area contributed by atoms with Crippen molar-refractivity contribution in [1.29, 1.82) is 0 Å². The Morgan fingerprint density at radius 3 is 2.61 bits per heavy atom. The van der Waals surface area contributed by atoms with Crippen molar-refractivity contribution in [2.75, 3.05) is 13.4 Å². The quantitative estimate of drug-likeness (QED) is 0.847. The highest BCUT2D eigenvalue weighted by Gasteiger charge is 2.15. The number of halogens is 2. The van der Waals surface area contributed by atoms with Crippen molar-refractivity contribution < 1.29 is 22.3 Å². The van der Waals surface area contributed by atoms with Gasteiger partial charge in [-0.3, -0.25) is 4.79 Å². The van der Waals surface area contributed by atoms with Gasteiger partial charge in [-0.05, 0) is 24.3 Å². The fourth-order valence-corrected chi connectivity index (χ4v) is 2.49. The Morgan fingerprint density at radius 1 is 1.35 bits per heavy atom. The van der Waals surface area contributed by atoms with Crippen molar-refractivity contribution in [2.45, 2.75) is 0 Å². The molecule has 9 heteroatoms. The molecule has 6 nitrogen and oxygen atoms in total. The summed E-state index contributed by atoms with van der Waals surface area (Å²) >= 11 is 5.70. The molecule has 0 spiro atoms. The van der Waals surface area contributed by atoms with Crippen molar-refractivity contribution in [3.8, 4) is 16.9 Å². The lowest BCUT2D eigenvalue weighted by atomic mass is 10.0. The standard InChI is InChI=1S/C14H12ClFN2O4S/c1-22-12-6-8(14(19)18-23(2,20)21)3-4-10(12)9-5-11(15)13(16)17-7-9/h3-7H,1-2H3,(H,18,19). The lowest BCUT2D eigenvalue weighted by molar-refractivity contribution is 0.0981. The van der Waals surface area contributed by atoms with Gasteiger partial charge in [0.1, 0.15) is 5.75 Å². The number of rotatable bonds is 4. The number of hydrogen-bond donors (Lipinski definition) is 1. The smallest absolute Gasteiger partial charge is 0.264 e. The predicted octanol–water partition coefficient (Wildman–Crippen LogP) is 2.24. The number of nitrogens with one attached hydrogen (secondary N) is 1. The van der Waals surface area contributed by atoms with E-state index in [0.29, 0.717) is 11.1 Å². The zero-order valence-corrected chi connectivity index (χ0v) is 13.7. The average molecular weight is 359 g/mol. The van der Waals surface area contributed by atoms with Gasteiger partial charge in [-0.2, -0.15) is 4.39 Å². The number of hydrogen-bond acceptors (Lipinski definition) is 5. The molecule has 1 N–H and O–H groups in total. The zero-order valence-electron chi connectivity index (χ0n) is 12.1. The second-order valence-electron chi connectivity index (χ2n) is 4.62. The fraction of sp³-hybridized carbons (Fsp3) is 0.143. The fourth-order valence-electron chi connectivity index (χ4n) is 1.87. The molecule has 0 aliphatic rings. The molecule has 1 amide bonds. The normalized spacial score (nSPS) is 11.1. The van der Waals surface area contributed by atoms with Crippen LogP contribution in [-0.4, -0.2) is 32.7 Å². The van der Waals surface area contributed by atoms with Gasteiger partial charge in [0, 0.05) is 22.9 Å². The van der Waals surface area contributed by atoms with E-state index in [-0.39, 0.29) is 16.3 Å². The summed E-state index contributed by atoms with van der Waals surface area (Å²) < 4.78 is 42.4. The van der Waals surface area contributed by atoms with E-state index in [0.717, 1.165) is 6.26 Å². The summed E-state index contributed by atoms with van der Waals surface area (Å²) in [7, 11) is -2.29. The van der Waals surface area contributed by atoms with Crippen LogP contribution in [0, 0.1) is 5.95 Å². The number of nitrogens with zero attached hydrogens (tertiary/aromatic N) is 1. The van der Waals surface area contributed by atoms with E-state index >= 15 is 0 Å². The van der Waals surface area contributed by atoms with Crippen LogP contribution in [-0.2, 0) is 10.0 Å². The molecule has 0 saturated heterocycles. The molecule has 0 unspecified atom stereocenters. The van der Waals surface area contributed by atoms with Gasteiger partial charge < -0.3 is 4.74 Å². The summed E-state index contributed by atoms with van der Waals surface area (Å²) in [6.45, 7) is 0. The van der Waals surface area contributed by atoms with Gasteiger partial charge in [-0.15, -0.1) is 0 Å². The van der Waals surface area contributed by atoms with Crippen molar-refractivity contribution >= 4 is 27.5 Å². The molecule has 0 aliphatic heterocycles. The number of pyridine rings is 1. The van der Waals surface area contributed by atoms with E-state index in [1.165, 1.54) is 37.6 Å². The Morgan fingerprint density at radius 2 is 2.04 bits per heavy atom. The van der Waals surface area contributed by atoms with Gasteiger partial charge >= 0.3 is 0 Å². The van der Waals surface area contributed by atoms with Crippen LogP contribution in [0.25, 0.3) is 11.1 Å². The number of amides is 1. The summed E-state index contributed by atoms with van der Waals surface area (Å²) in [6, 6.07) is 5.68. The van der Waals surface area contributed by atoms with E-state index in [1.807, 2.05) is 4.72 Å². The topological polar surface area (TPSA) is 85.4 Å². The minimum absolute atomic E-state index is 0.0946. The lowest BCUT2D eigenvalue weighted by Gasteiger charge is -2.11. The highest BCUT2D eigenvalue weighted by atomic mass is 35.5. The van der Waals surface area contributed by atoms with Crippen molar-refractivity contribution in [2.24, 2.45) is 0 Å². The summed E-state index contributed by atoms with van der Waals surface area (Å²) in [5.74, 6) is -1.29. The van der Waals surface area contributed by atoms with Crippen molar-refractivity contribution in [3.63, 3.8) is 0 Å². The van der Waals surface area contributed by atoms with Crippen LogP contribution in [0.3, 0.4) is 0 Å². The highest BCUT2D eigenvalue weighted by Crippen LogP contribution is 2.32. The molecule has 0 radical (unpaired) electrons. The first-order valence-corrected chi connectivity index (χ1v) is 8.50. The monoisotopic (exact) mass is 358 g/mol. The maximum atomic E-state index is 13.1. The number of carbonyl (C=O) groups excluding carboxylic acids is 1. The first kappa shape index (κ1) is 17.2. The summed E-state index contributed by atoms with van der Waals surface area (Å²) in [5, 5.41) is -0.150. The first-order chi connectivity index (χ1) is 10.7. The summed E-state index contributed by atoms with van der Waals surface area (Å²) in [6.07, 6.45) is 2.15. The molecule has 0 saturated carbocycles. The van der Waals surface area contributed by atoms with Gasteiger partial charge in [0.15, 0.2) is 0 Å². The van der Waals surface area contributed by atoms with Crippen LogP contribution < -0.4 is 9.46 Å². The van der Waals surface area contributed by atoms with Crippen LogP contribution in [0.5, 0.6) is 5.75 Å². The Balaban J connectivity index is 2.44. The van der Waals surface area contributed by atoms with E-state index in [1.54, 1.807) is 0 Å². The van der Waals surface area contributed by atoms with E-state index < -0.39 is 21.9 Å². The van der Waals surface area contributed by atoms with Gasteiger partial charge in [0.05, 0.1) is 18.4 Å². The average Bonchev–Trinajstić information content (AvgIpc) is 2.47. The number of aromatic nitrogens is 1. The molecule has 1 aromatic heterocycles. The number of carbonyl (C=O) groups is 1. The molecule has 0 bridgehead atoms. The van der Waals surface area contributed by atoms with Crippen LogP contribution in [0.4, 0.5) is 4.39 Å². The van der Waals surface area contributed by atoms with Gasteiger partial charge in [0.25, 0.3) is 5.91 Å². The van der Waals surface area contributed by atoms with Gasteiger partial charge in [0.2, 0.25) is 16.0 Å². The Labute approximate surface area is 137 Å². The molecule has 122 valence electrons. The van der Waals surface area contributed by atoms with Gasteiger partial charge in [-0.1, -0.05) is 11.6 Å². The molecule has 2 aromatic rings. The van der Waals surface area contributed by atoms with E-state index in [2.05, 4.69) is 4.98 Å². The zero-order chi connectivity index (χ0) is 17.2. The summed E-state index contributed by atoms with van der Waals surface area (Å²) in [4.78, 5) is 15.4. The van der Waals surface area contributed by atoms with Gasteiger partial charge in [-0.25, -0.2) is 18.1 Å². The molecular weight excluding hydrogens is 347 g/mol. The van der Waals surface area contributed by atoms with Crippen LogP contribution in [0.1, 0.15) is 10.4 Å². The molecule has 1 heterocycles.